The van der Waals surface area contributed by atoms with E-state index in [2.05, 4.69) is 46.6 Å². The van der Waals surface area contributed by atoms with Crippen molar-refractivity contribution in [2.75, 3.05) is 17.4 Å². The minimum absolute atomic E-state index is 0.283. The van der Waals surface area contributed by atoms with Gasteiger partial charge in [0, 0.05) is 18.4 Å². The van der Waals surface area contributed by atoms with E-state index in [4.69, 9.17) is 9.47 Å². The van der Waals surface area contributed by atoms with Gasteiger partial charge in [-0.25, -0.2) is 4.98 Å². The molecule has 6 heteroatoms. The Bertz CT molecular complexity index is 926. The van der Waals surface area contributed by atoms with Crippen LogP contribution < -0.4 is 20.1 Å². The van der Waals surface area contributed by atoms with Gasteiger partial charge in [0.2, 0.25) is 12.7 Å². The number of rotatable bonds is 6. The summed E-state index contributed by atoms with van der Waals surface area (Å²) >= 11 is 0. The number of hydrogen-bond donors (Lipinski definition) is 2. The van der Waals surface area contributed by atoms with E-state index < -0.39 is 0 Å². The Balaban J connectivity index is 1.40. The van der Waals surface area contributed by atoms with E-state index in [0.29, 0.717) is 18.4 Å². The van der Waals surface area contributed by atoms with Crippen LogP contribution in [0.4, 0.5) is 17.5 Å². The van der Waals surface area contributed by atoms with Gasteiger partial charge in [-0.3, -0.25) is 0 Å². The van der Waals surface area contributed by atoms with E-state index in [1.54, 1.807) is 6.20 Å². The monoisotopic (exact) mass is 362 g/mol. The summed E-state index contributed by atoms with van der Waals surface area (Å²) in [7, 11) is 0. The van der Waals surface area contributed by atoms with Crippen LogP contribution in [0.15, 0.2) is 54.7 Å². The smallest absolute Gasteiger partial charge is 0.231 e. The minimum atomic E-state index is 0.283. The van der Waals surface area contributed by atoms with E-state index in [1.807, 2.05) is 36.4 Å². The predicted octanol–water partition coefficient (Wildman–Crippen LogP) is 4.68. The molecule has 0 saturated heterocycles. The van der Waals surface area contributed by atoms with Crippen LogP contribution in [0.25, 0.3) is 0 Å². The topological polar surface area (TPSA) is 68.3 Å². The van der Waals surface area contributed by atoms with Crippen molar-refractivity contribution in [2.24, 2.45) is 0 Å². The molecular weight excluding hydrogens is 340 g/mol. The van der Waals surface area contributed by atoms with E-state index in [-0.39, 0.29) is 6.79 Å². The molecule has 0 bridgehead atoms. The summed E-state index contributed by atoms with van der Waals surface area (Å²) in [6.45, 7) is 5.28. The van der Waals surface area contributed by atoms with Gasteiger partial charge in [-0.1, -0.05) is 32.0 Å². The standard InChI is InChI=1S/C21H22N4O2/c1-14(2)16-4-6-17(7-5-16)24-21-22-10-9-20(25-21)23-12-15-3-8-18-19(11-15)27-13-26-18/h3-11,14H,12-13H2,1-2H3,(H2,22,23,24,25). The highest BCUT2D eigenvalue weighted by Crippen LogP contribution is 2.32. The first-order chi connectivity index (χ1) is 13.2. The highest BCUT2D eigenvalue weighted by atomic mass is 16.7. The summed E-state index contributed by atoms with van der Waals surface area (Å²) in [6, 6.07) is 16.1. The second kappa shape index (κ2) is 7.53. The van der Waals surface area contributed by atoms with Gasteiger partial charge in [-0.2, -0.15) is 4.98 Å². The lowest BCUT2D eigenvalue weighted by Crippen LogP contribution is -2.04. The summed E-state index contributed by atoms with van der Waals surface area (Å²) in [5, 5.41) is 6.56. The van der Waals surface area contributed by atoms with Crippen LogP contribution in [-0.4, -0.2) is 16.8 Å². The molecule has 1 aromatic heterocycles. The van der Waals surface area contributed by atoms with Crippen molar-refractivity contribution >= 4 is 17.5 Å². The minimum Gasteiger partial charge on any atom is -0.454 e. The Hall–Kier alpha value is -3.28. The van der Waals surface area contributed by atoms with Crippen molar-refractivity contribution in [1.29, 1.82) is 0 Å². The number of hydrogen-bond acceptors (Lipinski definition) is 6. The van der Waals surface area contributed by atoms with E-state index in [1.165, 1.54) is 5.56 Å². The molecule has 1 aliphatic rings. The fraction of sp³-hybridized carbons (Fsp3) is 0.238. The van der Waals surface area contributed by atoms with E-state index in [9.17, 15) is 0 Å². The Morgan fingerprint density at radius 2 is 1.81 bits per heavy atom. The second-order valence-electron chi connectivity index (χ2n) is 6.71. The maximum atomic E-state index is 5.41. The Morgan fingerprint density at radius 1 is 1.00 bits per heavy atom. The molecule has 2 heterocycles. The average Bonchev–Trinajstić information content (AvgIpc) is 3.15. The van der Waals surface area contributed by atoms with Gasteiger partial charge >= 0.3 is 0 Å². The van der Waals surface area contributed by atoms with Crippen molar-refractivity contribution in [2.45, 2.75) is 26.3 Å². The van der Waals surface area contributed by atoms with Crippen LogP contribution >= 0.6 is 0 Å². The third-order valence-electron chi connectivity index (χ3n) is 4.40. The van der Waals surface area contributed by atoms with Gasteiger partial charge in [-0.05, 0) is 47.4 Å². The highest BCUT2D eigenvalue weighted by Gasteiger charge is 2.13. The number of benzene rings is 2. The quantitative estimate of drug-likeness (QED) is 0.663. The Morgan fingerprint density at radius 3 is 2.63 bits per heavy atom. The maximum Gasteiger partial charge on any atom is 0.231 e. The van der Waals surface area contributed by atoms with Crippen molar-refractivity contribution in [1.82, 2.24) is 9.97 Å². The van der Waals surface area contributed by atoms with Gasteiger partial charge < -0.3 is 20.1 Å². The number of nitrogens with one attached hydrogen (secondary N) is 2. The number of aromatic nitrogens is 2. The van der Waals surface area contributed by atoms with Gasteiger partial charge in [0.05, 0.1) is 0 Å². The lowest BCUT2D eigenvalue weighted by atomic mass is 10.0. The van der Waals surface area contributed by atoms with Crippen molar-refractivity contribution in [3.8, 4) is 11.5 Å². The van der Waals surface area contributed by atoms with Crippen molar-refractivity contribution < 1.29 is 9.47 Å². The SMILES string of the molecule is CC(C)c1ccc(Nc2nccc(NCc3ccc4c(c3)OCO4)n2)cc1. The molecule has 0 atom stereocenters. The summed E-state index contributed by atoms with van der Waals surface area (Å²) in [4.78, 5) is 8.82. The third kappa shape index (κ3) is 4.11. The fourth-order valence-corrected chi connectivity index (χ4v) is 2.84. The molecule has 0 saturated carbocycles. The lowest BCUT2D eigenvalue weighted by molar-refractivity contribution is 0.174. The summed E-state index contributed by atoms with van der Waals surface area (Å²) in [6.07, 6.45) is 1.74. The van der Waals surface area contributed by atoms with Crippen LogP contribution in [0.3, 0.4) is 0 Å². The zero-order chi connectivity index (χ0) is 18.6. The van der Waals surface area contributed by atoms with Crippen LogP contribution in [-0.2, 0) is 6.54 Å². The van der Waals surface area contributed by atoms with E-state index in [0.717, 1.165) is 28.6 Å². The predicted molar refractivity (Wildman–Crippen MR) is 106 cm³/mol. The molecule has 0 unspecified atom stereocenters. The molecule has 27 heavy (non-hydrogen) atoms. The van der Waals surface area contributed by atoms with Crippen LogP contribution in [0, 0.1) is 0 Å². The molecule has 138 valence electrons. The second-order valence-corrected chi connectivity index (χ2v) is 6.71. The molecule has 0 spiro atoms. The number of fused-ring (bicyclic) bond motifs is 1. The fourth-order valence-electron chi connectivity index (χ4n) is 2.84. The third-order valence-corrected chi connectivity index (χ3v) is 4.40. The normalized spacial score (nSPS) is 12.3. The van der Waals surface area contributed by atoms with Crippen molar-refractivity contribution in [3.63, 3.8) is 0 Å². The highest BCUT2D eigenvalue weighted by molar-refractivity contribution is 5.55. The summed E-state index contributed by atoms with van der Waals surface area (Å²) < 4.78 is 10.8. The van der Waals surface area contributed by atoms with E-state index >= 15 is 0 Å². The number of anilines is 3. The Labute approximate surface area is 158 Å². The van der Waals surface area contributed by atoms with Crippen LogP contribution in [0.5, 0.6) is 11.5 Å². The maximum absolute atomic E-state index is 5.41. The molecule has 2 N–H and O–H groups in total. The molecule has 4 rings (SSSR count). The molecule has 0 aliphatic carbocycles. The first kappa shape index (κ1) is 17.1. The van der Waals surface area contributed by atoms with Gasteiger partial charge in [0.25, 0.3) is 0 Å². The van der Waals surface area contributed by atoms with Gasteiger partial charge in [-0.15, -0.1) is 0 Å². The first-order valence-electron chi connectivity index (χ1n) is 9.00. The first-order valence-corrected chi connectivity index (χ1v) is 9.00. The number of nitrogens with zero attached hydrogens (tertiary/aromatic N) is 2. The molecule has 2 aromatic carbocycles. The van der Waals surface area contributed by atoms with Crippen LogP contribution in [0.1, 0.15) is 30.9 Å². The zero-order valence-electron chi connectivity index (χ0n) is 15.4. The summed E-state index contributed by atoms with van der Waals surface area (Å²) in [5.74, 6) is 3.39. The van der Waals surface area contributed by atoms with Gasteiger partial charge in [0.15, 0.2) is 11.5 Å². The molecule has 0 radical (unpaired) electrons. The number of ether oxygens (including phenoxy) is 2. The molecule has 0 fully saturated rings. The molecule has 6 nitrogen and oxygen atoms in total. The summed E-state index contributed by atoms with van der Waals surface area (Å²) in [5.41, 5.74) is 3.37. The largest absolute Gasteiger partial charge is 0.454 e. The molecule has 1 aliphatic heterocycles. The van der Waals surface area contributed by atoms with Crippen LogP contribution in [0.2, 0.25) is 0 Å². The van der Waals surface area contributed by atoms with Crippen molar-refractivity contribution in [3.05, 3.63) is 65.9 Å². The Kier molecular flexibility index (Phi) is 4.78. The molecular formula is C21H22N4O2. The lowest BCUT2D eigenvalue weighted by Gasteiger charge is -2.10. The van der Waals surface area contributed by atoms with Gasteiger partial charge in [0.1, 0.15) is 5.82 Å². The average molecular weight is 362 g/mol. The molecule has 3 aromatic rings. The zero-order valence-corrected chi connectivity index (χ0v) is 15.4. The molecule has 0 amide bonds.